The van der Waals surface area contributed by atoms with Crippen LogP contribution >= 0.6 is 11.6 Å². The molecule has 1 rings (SSSR count). The molecule has 1 aromatic carbocycles. The molecule has 0 aliphatic carbocycles. The van der Waals surface area contributed by atoms with Crippen molar-refractivity contribution in [2.45, 2.75) is 25.8 Å². The Morgan fingerprint density at radius 2 is 2.00 bits per heavy atom. The fraction of sp³-hybridized carbons (Fsp3) is 0.500. The summed E-state index contributed by atoms with van der Waals surface area (Å²) in [7, 11) is 0. The number of rotatable bonds is 6. The molecule has 78 valence electrons. The molecular weight excluding hydrogens is 194 g/mol. The largest absolute Gasteiger partial charge is 0.314 e. The van der Waals surface area contributed by atoms with Gasteiger partial charge in [0.2, 0.25) is 0 Å². The van der Waals surface area contributed by atoms with Gasteiger partial charge in [-0.2, -0.15) is 0 Å². The van der Waals surface area contributed by atoms with Crippen LogP contribution in [0.3, 0.4) is 0 Å². The molecular formula is C12H18ClN. The summed E-state index contributed by atoms with van der Waals surface area (Å²) in [5.41, 5.74) is 1.39. The van der Waals surface area contributed by atoms with E-state index in [0.29, 0.717) is 6.04 Å². The van der Waals surface area contributed by atoms with Crippen LogP contribution in [0, 0.1) is 0 Å². The molecule has 0 saturated heterocycles. The zero-order chi connectivity index (χ0) is 10.2. The first-order valence-corrected chi connectivity index (χ1v) is 5.69. The molecule has 2 heteroatoms. The van der Waals surface area contributed by atoms with Gasteiger partial charge >= 0.3 is 0 Å². The first kappa shape index (κ1) is 11.5. The molecule has 1 unspecified atom stereocenters. The van der Waals surface area contributed by atoms with Crippen LogP contribution in [0.4, 0.5) is 0 Å². The Bertz CT molecular complexity index is 235. The molecule has 0 amide bonds. The van der Waals surface area contributed by atoms with Crippen molar-refractivity contribution in [1.29, 1.82) is 0 Å². The molecule has 1 aromatic rings. The van der Waals surface area contributed by atoms with Gasteiger partial charge in [0.1, 0.15) is 0 Å². The minimum absolute atomic E-state index is 0.528. The summed E-state index contributed by atoms with van der Waals surface area (Å²) in [6.45, 7) is 3.22. The topological polar surface area (TPSA) is 12.0 Å². The van der Waals surface area contributed by atoms with E-state index in [9.17, 15) is 0 Å². The Morgan fingerprint density at radius 3 is 2.64 bits per heavy atom. The normalized spacial score (nSPS) is 12.7. The van der Waals surface area contributed by atoms with Gasteiger partial charge in [0, 0.05) is 11.9 Å². The van der Waals surface area contributed by atoms with E-state index < -0.39 is 0 Å². The number of hydrogen-bond acceptors (Lipinski definition) is 1. The highest BCUT2D eigenvalue weighted by atomic mass is 35.5. The molecule has 1 atom stereocenters. The first-order valence-electron chi connectivity index (χ1n) is 5.16. The van der Waals surface area contributed by atoms with Crippen LogP contribution in [0.25, 0.3) is 0 Å². The Hall–Kier alpha value is -0.530. The molecule has 14 heavy (non-hydrogen) atoms. The molecule has 0 saturated carbocycles. The number of halogens is 1. The van der Waals surface area contributed by atoms with Crippen molar-refractivity contribution in [2.75, 3.05) is 12.4 Å². The molecule has 0 fully saturated rings. The lowest BCUT2D eigenvalue weighted by Crippen LogP contribution is -2.29. The lowest BCUT2D eigenvalue weighted by molar-refractivity contribution is 0.544. The van der Waals surface area contributed by atoms with E-state index in [1.807, 2.05) is 0 Å². The van der Waals surface area contributed by atoms with Crippen LogP contribution < -0.4 is 5.32 Å². The zero-order valence-electron chi connectivity index (χ0n) is 8.67. The molecule has 0 spiro atoms. The van der Waals surface area contributed by atoms with Crippen LogP contribution in [0.15, 0.2) is 30.3 Å². The predicted molar refractivity (Wildman–Crippen MR) is 62.9 cm³/mol. The van der Waals surface area contributed by atoms with Gasteiger partial charge < -0.3 is 5.32 Å². The fourth-order valence-corrected chi connectivity index (χ4v) is 1.59. The Morgan fingerprint density at radius 1 is 1.29 bits per heavy atom. The summed E-state index contributed by atoms with van der Waals surface area (Å²) < 4.78 is 0. The Balaban J connectivity index is 2.23. The van der Waals surface area contributed by atoms with Gasteiger partial charge in [0.25, 0.3) is 0 Å². The highest BCUT2D eigenvalue weighted by molar-refractivity contribution is 6.17. The summed E-state index contributed by atoms with van der Waals surface area (Å²) >= 11 is 5.61. The van der Waals surface area contributed by atoms with E-state index >= 15 is 0 Å². The fourth-order valence-electron chi connectivity index (χ4n) is 1.46. The Kier molecular flexibility index (Phi) is 5.65. The second kappa shape index (κ2) is 6.86. The molecule has 1 nitrogen and oxygen atoms in total. The molecule has 1 N–H and O–H groups in total. The van der Waals surface area contributed by atoms with Gasteiger partial charge in [-0.1, -0.05) is 30.3 Å². The third-order valence-electron chi connectivity index (χ3n) is 2.19. The van der Waals surface area contributed by atoms with Crippen LogP contribution in [0.2, 0.25) is 0 Å². The molecule has 0 aromatic heterocycles. The summed E-state index contributed by atoms with van der Waals surface area (Å²) in [5.74, 6) is 0.741. The van der Waals surface area contributed by atoms with Crippen molar-refractivity contribution >= 4 is 11.6 Å². The van der Waals surface area contributed by atoms with E-state index in [0.717, 1.165) is 25.3 Å². The number of alkyl halides is 1. The molecule has 0 radical (unpaired) electrons. The quantitative estimate of drug-likeness (QED) is 0.564. The maximum Gasteiger partial charge on any atom is 0.0235 e. The third kappa shape index (κ3) is 4.64. The monoisotopic (exact) mass is 211 g/mol. The molecule has 0 heterocycles. The van der Waals surface area contributed by atoms with Crippen molar-refractivity contribution in [2.24, 2.45) is 0 Å². The number of nitrogens with one attached hydrogen (secondary N) is 1. The number of benzene rings is 1. The van der Waals surface area contributed by atoms with E-state index in [-0.39, 0.29) is 0 Å². The second-order valence-corrected chi connectivity index (χ2v) is 3.97. The third-order valence-corrected chi connectivity index (χ3v) is 2.46. The zero-order valence-corrected chi connectivity index (χ0v) is 9.43. The molecule has 0 bridgehead atoms. The van der Waals surface area contributed by atoms with Crippen LogP contribution in [-0.2, 0) is 6.42 Å². The Labute approximate surface area is 91.5 Å². The highest BCUT2D eigenvalue weighted by Gasteiger charge is 2.01. The van der Waals surface area contributed by atoms with Crippen molar-refractivity contribution < 1.29 is 0 Å². The summed E-state index contributed by atoms with van der Waals surface area (Å²) in [4.78, 5) is 0. The van der Waals surface area contributed by atoms with E-state index in [2.05, 4.69) is 42.6 Å². The first-order chi connectivity index (χ1) is 6.83. The van der Waals surface area contributed by atoms with E-state index in [1.54, 1.807) is 0 Å². The SMILES string of the molecule is CC(Cc1ccccc1)NCCCCl. The minimum Gasteiger partial charge on any atom is -0.314 e. The van der Waals surface area contributed by atoms with Gasteiger partial charge in [0.15, 0.2) is 0 Å². The summed E-state index contributed by atoms with van der Waals surface area (Å²) in [6, 6.07) is 11.1. The van der Waals surface area contributed by atoms with Crippen LogP contribution in [0.1, 0.15) is 18.9 Å². The van der Waals surface area contributed by atoms with Gasteiger partial charge in [-0.3, -0.25) is 0 Å². The minimum atomic E-state index is 0.528. The van der Waals surface area contributed by atoms with Crippen molar-refractivity contribution in [1.82, 2.24) is 5.32 Å². The van der Waals surface area contributed by atoms with E-state index in [4.69, 9.17) is 11.6 Å². The van der Waals surface area contributed by atoms with Crippen molar-refractivity contribution in [3.05, 3.63) is 35.9 Å². The van der Waals surface area contributed by atoms with Gasteiger partial charge in [-0.15, -0.1) is 11.6 Å². The summed E-state index contributed by atoms with van der Waals surface area (Å²) in [6.07, 6.45) is 2.13. The van der Waals surface area contributed by atoms with Crippen LogP contribution in [-0.4, -0.2) is 18.5 Å². The van der Waals surface area contributed by atoms with Crippen molar-refractivity contribution in [3.63, 3.8) is 0 Å². The average Bonchev–Trinajstić information content (AvgIpc) is 2.20. The number of hydrogen-bond donors (Lipinski definition) is 1. The van der Waals surface area contributed by atoms with E-state index in [1.165, 1.54) is 5.56 Å². The maximum atomic E-state index is 5.61. The second-order valence-electron chi connectivity index (χ2n) is 3.59. The molecule has 0 aliphatic rings. The predicted octanol–water partition coefficient (Wildman–Crippen LogP) is 2.84. The standard InChI is InChI=1S/C12H18ClN/c1-11(14-9-5-8-13)10-12-6-3-2-4-7-12/h2-4,6-7,11,14H,5,8-10H2,1H3. The average molecular weight is 212 g/mol. The maximum absolute atomic E-state index is 5.61. The lowest BCUT2D eigenvalue weighted by atomic mass is 10.1. The lowest BCUT2D eigenvalue weighted by Gasteiger charge is -2.13. The highest BCUT2D eigenvalue weighted by Crippen LogP contribution is 2.02. The van der Waals surface area contributed by atoms with Gasteiger partial charge in [-0.25, -0.2) is 0 Å². The van der Waals surface area contributed by atoms with Crippen molar-refractivity contribution in [3.8, 4) is 0 Å². The van der Waals surface area contributed by atoms with Gasteiger partial charge in [-0.05, 0) is 31.9 Å². The van der Waals surface area contributed by atoms with Gasteiger partial charge in [0.05, 0.1) is 0 Å². The summed E-state index contributed by atoms with van der Waals surface area (Å²) in [5, 5.41) is 3.45. The van der Waals surface area contributed by atoms with Crippen LogP contribution in [0.5, 0.6) is 0 Å². The molecule has 0 aliphatic heterocycles. The smallest absolute Gasteiger partial charge is 0.0235 e.